The van der Waals surface area contributed by atoms with Gasteiger partial charge in [0.15, 0.2) is 11.5 Å². The lowest BCUT2D eigenvalue weighted by Gasteiger charge is -2.36. The second kappa shape index (κ2) is 8.12. The smallest absolute Gasteiger partial charge is 0.276 e. The van der Waals surface area contributed by atoms with Crippen LogP contribution in [0.5, 0.6) is 5.75 Å². The first kappa shape index (κ1) is 18.0. The van der Waals surface area contributed by atoms with Gasteiger partial charge in [-0.3, -0.25) is 9.78 Å². The largest absolute Gasteiger partial charge is 0.492 e. The van der Waals surface area contributed by atoms with Gasteiger partial charge in [0.1, 0.15) is 5.75 Å². The Bertz CT molecular complexity index is 934. The third-order valence-electron chi connectivity index (χ3n) is 4.75. The van der Waals surface area contributed by atoms with Gasteiger partial charge in [-0.25, -0.2) is 0 Å². The average molecular weight is 378 g/mol. The summed E-state index contributed by atoms with van der Waals surface area (Å²) >= 11 is 0. The summed E-state index contributed by atoms with van der Waals surface area (Å²) in [5.41, 5.74) is 2.19. The first-order valence-corrected chi connectivity index (χ1v) is 9.39. The molecule has 1 aromatic carbocycles. The molecular weight excluding hydrogens is 356 g/mol. The van der Waals surface area contributed by atoms with Crippen molar-refractivity contribution in [1.82, 2.24) is 15.0 Å². The van der Waals surface area contributed by atoms with Crippen LogP contribution in [0.4, 0.5) is 5.69 Å². The number of pyridine rings is 1. The standard InChI is InChI=1S/C21H22N4O3/c1-2-27-19-8-4-3-7-18(19)24-10-12-25(13-11-24)21(26)17-14-20(28-23-17)16-6-5-9-22-15-16/h3-9,14-15H,2,10-13H2,1H3. The number of carbonyl (C=O) groups excluding carboxylic acids is 1. The van der Waals surface area contributed by atoms with Gasteiger partial charge in [0.25, 0.3) is 5.91 Å². The number of para-hydroxylation sites is 2. The summed E-state index contributed by atoms with van der Waals surface area (Å²) < 4.78 is 11.1. The Morgan fingerprint density at radius 2 is 1.96 bits per heavy atom. The van der Waals surface area contributed by atoms with Crippen LogP contribution < -0.4 is 9.64 Å². The molecule has 0 radical (unpaired) electrons. The fourth-order valence-corrected chi connectivity index (χ4v) is 3.33. The number of rotatable bonds is 5. The molecular formula is C21H22N4O3. The summed E-state index contributed by atoms with van der Waals surface area (Å²) in [6.45, 7) is 5.32. The van der Waals surface area contributed by atoms with E-state index >= 15 is 0 Å². The molecule has 0 unspecified atom stereocenters. The lowest BCUT2D eigenvalue weighted by Crippen LogP contribution is -2.49. The molecule has 1 amide bonds. The molecule has 0 saturated carbocycles. The molecule has 1 fully saturated rings. The van der Waals surface area contributed by atoms with Crippen LogP contribution in [-0.4, -0.2) is 53.7 Å². The molecule has 28 heavy (non-hydrogen) atoms. The second-order valence-corrected chi connectivity index (χ2v) is 6.50. The maximum absolute atomic E-state index is 12.8. The highest BCUT2D eigenvalue weighted by atomic mass is 16.5. The Hall–Kier alpha value is -3.35. The van der Waals surface area contributed by atoms with Crippen molar-refractivity contribution < 1.29 is 14.1 Å². The van der Waals surface area contributed by atoms with Crippen molar-refractivity contribution in [2.24, 2.45) is 0 Å². The van der Waals surface area contributed by atoms with Gasteiger partial charge >= 0.3 is 0 Å². The number of anilines is 1. The van der Waals surface area contributed by atoms with Crippen molar-refractivity contribution in [3.05, 3.63) is 60.6 Å². The van der Waals surface area contributed by atoms with Crippen LogP contribution >= 0.6 is 0 Å². The highest BCUT2D eigenvalue weighted by Gasteiger charge is 2.26. The first-order valence-electron chi connectivity index (χ1n) is 9.39. The number of amides is 1. The van der Waals surface area contributed by atoms with E-state index in [1.54, 1.807) is 18.5 Å². The van der Waals surface area contributed by atoms with Gasteiger partial charge in [-0.1, -0.05) is 17.3 Å². The van der Waals surface area contributed by atoms with E-state index in [-0.39, 0.29) is 5.91 Å². The topological polar surface area (TPSA) is 71.7 Å². The summed E-state index contributed by atoms with van der Waals surface area (Å²) in [5.74, 6) is 1.31. The Kier molecular flexibility index (Phi) is 5.23. The Morgan fingerprint density at radius 3 is 2.71 bits per heavy atom. The zero-order valence-corrected chi connectivity index (χ0v) is 15.7. The molecule has 3 heterocycles. The highest BCUT2D eigenvalue weighted by molar-refractivity contribution is 5.93. The van der Waals surface area contributed by atoms with Gasteiger partial charge in [0, 0.05) is 50.2 Å². The van der Waals surface area contributed by atoms with Crippen LogP contribution in [0.25, 0.3) is 11.3 Å². The number of hydrogen-bond acceptors (Lipinski definition) is 6. The Labute approximate surface area is 163 Å². The second-order valence-electron chi connectivity index (χ2n) is 6.50. The molecule has 0 bridgehead atoms. The van der Waals surface area contributed by atoms with E-state index in [9.17, 15) is 4.79 Å². The van der Waals surface area contributed by atoms with Crippen LogP contribution in [0.2, 0.25) is 0 Å². The SMILES string of the molecule is CCOc1ccccc1N1CCN(C(=O)c2cc(-c3cccnc3)on2)CC1. The number of carbonyl (C=O) groups is 1. The molecule has 2 aromatic heterocycles. The zero-order chi connectivity index (χ0) is 19.3. The summed E-state index contributed by atoms with van der Waals surface area (Å²) in [6.07, 6.45) is 3.37. The number of ether oxygens (including phenoxy) is 1. The minimum atomic E-state index is -0.114. The van der Waals surface area contributed by atoms with Gasteiger partial charge in [0.2, 0.25) is 0 Å². The predicted octanol–water partition coefficient (Wildman–Crippen LogP) is 3.10. The van der Waals surface area contributed by atoms with Gasteiger partial charge in [-0.15, -0.1) is 0 Å². The number of benzene rings is 1. The maximum atomic E-state index is 12.8. The van der Waals surface area contributed by atoms with Gasteiger partial charge < -0.3 is 19.1 Å². The minimum Gasteiger partial charge on any atom is -0.492 e. The molecule has 7 heteroatoms. The van der Waals surface area contributed by atoms with E-state index in [0.717, 1.165) is 30.1 Å². The molecule has 0 spiro atoms. The molecule has 3 aromatic rings. The predicted molar refractivity (Wildman–Crippen MR) is 105 cm³/mol. The summed E-state index contributed by atoms with van der Waals surface area (Å²) in [6, 6.07) is 13.4. The van der Waals surface area contributed by atoms with E-state index in [1.165, 1.54) is 0 Å². The Balaban J connectivity index is 1.42. The quantitative estimate of drug-likeness (QED) is 0.679. The van der Waals surface area contributed by atoms with Gasteiger partial charge in [-0.2, -0.15) is 0 Å². The fourth-order valence-electron chi connectivity index (χ4n) is 3.33. The molecule has 144 valence electrons. The third-order valence-corrected chi connectivity index (χ3v) is 4.75. The monoisotopic (exact) mass is 378 g/mol. The van der Waals surface area contributed by atoms with Gasteiger partial charge in [0.05, 0.1) is 12.3 Å². The molecule has 4 rings (SSSR count). The molecule has 0 atom stereocenters. The molecule has 1 aliphatic heterocycles. The number of nitrogens with zero attached hydrogens (tertiary/aromatic N) is 4. The minimum absolute atomic E-state index is 0.114. The molecule has 7 nitrogen and oxygen atoms in total. The molecule has 0 N–H and O–H groups in total. The normalized spacial score (nSPS) is 14.2. The lowest BCUT2D eigenvalue weighted by atomic mass is 10.2. The average Bonchev–Trinajstić information content (AvgIpc) is 3.25. The van der Waals surface area contributed by atoms with Crippen LogP contribution in [0.15, 0.2) is 59.4 Å². The van der Waals surface area contributed by atoms with E-state index in [0.29, 0.717) is 31.2 Å². The summed E-state index contributed by atoms with van der Waals surface area (Å²) in [5, 5.41) is 3.96. The van der Waals surface area contributed by atoms with Crippen molar-refractivity contribution in [2.75, 3.05) is 37.7 Å². The Morgan fingerprint density at radius 1 is 1.14 bits per heavy atom. The van der Waals surface area contributed by atoms with Crippen LogP contribution in [0.1, 0.15) is 17.4 Å². The van der Waals surface area contributed by atoms with Crippen molar-refractivity contribution in [2.45, 2.75) is 6.92 Å². The first-order chi connectivity index (χ1) is 13.8. The van der Waals surface area contributed by atoms with Crippen LogP contribution in [0.3, 0.4) is 0 Å². The van der Waals surface area contributed by atoms with Crippen molar-refractivity contribution in [1.29, 1.82) is 0 Å². The maximum Gasteiger partial charge on any atom is 0.276 e. The third kappa shape index (κ3) is 3.69. The fraction of sp³-hybridized carbons (Fsp3) is 0.286. The van der Waals surface area contributed by atoms with Crippen molar-refractivity contribution in [3.63, 3.8) is 0 Å². The van der Waals surface area contributed by atoms with Gasteiger partial charge in [-0.05, 0) is 31.2 Å². The van der Waals surface area contributed by atoms with Crippen LogP contribution in [0, 0.1) is 0 Å². The number of aromatic nitrogens is 2. The summed E-state index contributed by atoms with van der Waals surface area (Å²) in [7, 11) is 0. The van der Waals surface area contributed by atoms with Crippen molar-refractivity contribution in [3.8, 4) is 17.1 Å². The van der Waals surface area contributed by atoms with Crippen LogP contribution in [-0.2, 0) is 0 Å². The van der Waals surface area contributed by atoms with Crippen molar-refractivity contribution >= 4 is 11.6 Å². The van der Waals surface area contributed by atoms with E-state index in [4.69, 9.17) is 9.26 Å². The molecule has 1 saturated heterocycles. The highest BCUT2D eigenvalue weighted by Crippen LogP contribution is 2.29. The van der Waals surface area contributed by atoms with E-state index in [2.05, 4.69) is 21.1 Å². The lowest BCUT2D eigenvalue weighted by molar-refractivity contribution is 0.0736. The number of hydrogen-bond donors (Lipinski definition) is 0. The van der Waals surface area contributed by atoms with E-state index in [1.807, 2.05) is 42.2 Å². The summed E-state index contributed by atoms with van der Waals surface area (Å²) in [4.78, 5) is 20.9. The zero-order valence-electron chi connectivity index (χ0n) is 15.7. The molecule has 1 aliphatic rings. The number of piperazine rings is 1. The van der Waals surface area contributed by atoms with E-state index < -0.39 is 0 Å². The molecule has 0 aliphatic carbocycles.